The summed E-state index contributed by atoms with van der Waals surface area (Å²) in [5.41, 5.74) is 2.44. The average Bonchev–Trinajstić information content (AvgIpc) is 2.91. The Hall–Kier alpha value is -2.24. The van der Waals surface area contributed by atoms with Crippen LogP contribution in [0.4, 0.5) is 4.39 Å². The minimum Gasteiger partial charge on any atom is -0.379 e. The van der Waals surface area contributed by atoms with E-state index in [2.05, 4.69) is 9.99 Å². The highest BCUT2D eigenvalue weighted by molar-refractivity contribution is 7.68. The van der Waals surface area contributed by atoms with Crippen LogP contribution in [0.2, 0.25) is 0 Å². The van der Waals surface area contributed by atoms with Gasteiger partial charge < -0.3 is 4.74 Å². The van der Waals surface area contributed by atoms with Crippen LogP contribution in [-0.2, 0) is 9.30 Å². The Bertz CT molecular complexity index is 1170. The summed E-state index contributed by atoms with van der Waals surface area (Å²) in [5, 5.41) is 4.00. The summed E-state index contributed by atoms with van der Waals surface area (Å²) in [7, 11) is -3.37. The first-order chi connectivity index (χ1) is 17.4. The number of hydrogen-bond acceptors (Lipinski definition) is 3. The van der Waals surface area contributed by atoms with Gasteiger partial charge in [0, 0.05) is 37.3 Å². The Balaban J connectivity index is 1.67. The zero-order chi connectivity index (χ0) is 25.4. The van der Waals surface area contributed by atoms with Gasteiger partial charge in [-0.2, -0.15) is 0 Å². The summed E-state index contributed by atoms with van der Waals surface area (Å²) in [5.74, 6) is 2.81. The summed E-state index contributed by atoms with van der Waals surface area (Å²) in [4.78, 5) is 2.25. The molecule has 0 bridgehead atoms. The van der Waals surface area contributed by atoms with Crippen molar-refractivity contribution in [3.63, 3.8) is 0 Å². The molecular weight excluding hydrogens is 517 g/mol. The highest BCUT2D eigenvalue weighted by Crippen LogP contribution is 2.50. The maximum Gasteiger partial charge on any atom is 0.193 e. The molecule has 1 aliphatic rings. The Morgan fingerprint density at radius 1 is 0.889 bits per heavy atom. The van der Waals surface area contributed by atoms with E-state index in [0.717, 1.165) is 29.8 Å². The van der Waals surface area contributed by atoms with Crippen molar-refractivity contribution < 1.29 is 13.7 Å². The maximum absolute atomic E-state index is 14.3. The molecule has 2 atom stereocenters. The van der Waals surface area contributed by atoms with E-state index >= 15 is 0 Å². The predicted octanol–water partition coefficient (Wildman–Crippen LogP) is 7.54. The van der Waals surface area contributed by atoms with Crippen molar-refractivity contribution in [1.29, 1.82) is 0 Å². The molecule has 1 fully saturated rings. The molecule has 4 rings (SSSR count). The summed E-state index contributed by atoms with van der Waals surface area (Å²) < 4.78 is 33.5. The van der Waals surface area contributed by atoms with Gasteiger partial charge >= 0.3 is 0 Å². The lowest BCUT2D eigenvalue weighted by Gasteiger charge is -2.35. The van der Waals surface area contributed by atoms with E-state index in [0.29, 0.717) is 29.8 Å². The lowest BCUT2D eigenvalue weighted by molar-refractivity contribution is 0.0172. The van der Waals surface area contributed by atoms with Gasteiger partial charge in [0.25, 0.3) is 0 Å². The molecule has 188 valence electrons. The molecule has 36 heavy (non-hydrogen) atoms. The Morgan fingerprint density at radius 3 is 1.89 bits per heavy atom. The van der Waals surface area contributed by atoms with Crippen molar-refractivity contribution in [2.24, 2.45) is 0 Å². The first-order valence-electron chi connectivity index (χ1n) is 11.7. The second-order valence-electron chi connectivity index (χ2n) is 8.47. The van der Waals surface area contributed by atoms with Crippen molar-refractivity contribution in [3.8, 4) is 0 Å². The van der Waals surface area contributed by atoms with Crippen LogP contribution in [0.25, 0.3) is 10.1 Å². The molecule has 1 heterocycles. The number of nitrogens with zero attached hydrogens (tertiary/aromatic N) is 1. The number of nitrogens with one attached hydrogen (secondary N) is 1. The Morgan fingerprint density at radius 2 is 1.39 bits per heavy atom. The standard InChI is InChI=1S/C28H28Cl2FN2O2P/c29-26(22-7-3-1-4-8-22)20-36(34,21-27(30)23-9-5-2-6-10-23)32-19-28(33-15-17-35-18-16-33)24-11-13-25(31)14-12-24/h1-14,20-21,28H,15-19H2,(H,32,34)/b26-20-,27-21+/t28-,36?/m1/s1. The number of benzene rings is 3. The van der Waals surface area contributed by atoms with Gasteiger partial charge in [0.2, 0.25) is 0 Å². The Kier molecular flexibility index (Phi) is 9.55. The van der Waals surface area contributed by atoms with Gasteiger partial charge in [0.05, 0.1) is 23.3 Å². The predicted molar refractivity (Wildman–Crippen MR) is 148 cm³/mol. The van der Waals surface area contributed by atoms with Gasteiger partial charge in [0.1, 0.15) is 5.82 Å². The molecule has 0 aromatic heterocycles. The summed E-state index contributed by atoms with van der Waals surface area (Å²) in [6, 6.07) is 25.0. The molecule has 0 saturated carbocycles. The second-order valence-corrected chi connectivity index (χ2v) is 11.5. The first-order valence-corrected chi connectivity index (χ1v) is 14.3. The van der Waals surface area contributed by atoms with Crippen LogP contribution in [0.5, 0.6) is 0 Å². The average molecular weight is 545 g/mol. The second kappa shape index (κ2) is 12.8. The van der Waals surface area contributed by atoms with Crippen LogP contribution in [0.15, 0.2) is 96.6 Å². The fourth-order valence-electron chi connectivity index (χ4n) is 4.07. The highest BCUT2D eigenvalue weighted by atomic mass is 35.5. The third kappa shape index (κ3) is 7.39. The molecule has 0 amide bonds. The quantitative estimate of drug-likeness (QED) is 0.282. The monoisotopic (exact) mass is 544 g/mol. The number of hydrogen-bond donors (Lipinski definition) is 1. The third-order valence-electron chi connectivity index (χ3n) is 5.98. The molecule has 0 spiro atoms. The number of morpholine rings is 1. The zero-order valence-electron chi connectivity index (χ0n) is 19.7. The number of ether oxygens (including phenoxy) is 1. The van der Waals surface area contributed by atoms with Crippen molar-refractivity contribution in [1.82, 2.24) is 9.99 Å². The van der Waals surface area contributed by atoms with Crippen LogP contribution < -0.4 is 5.09 Å². The lowest BCUT2D eigenvalue weighted by atomic mass is 10.0. The van der Waals surface area contributed by atoms with Gasteiger partial charge in [-0.15, -0.1) is 0 Å². The SMILES string of the molecule is O=P(/C=C(\Cl)c1ccccc1)(/C=C(/Cl)c1ccccc1)NC[C@H](c1ccc(F)cc1)N1CCOCC1. The molecular formula is C28H28Cl2FN2O2P. The molecule has 3 aromatic rings. The minimum absolute atomic E-state index is 0.143. The van der Waals surface area contributed by atoms with Crippen molar-refractivity contribution in [2.75, 3.05) is 32.8 Å². The van der Waals surface area contributed by atoms with E-state index in [-0.39, 0.29) is 11.9 Å². The molecule has 4 nitrogen and oxygen atoms in total. The first kappa shape index (κ1) is 26.8. The van der Waals surface area contributed by atoms with E-state index in [1.54, 1.807) is 23.8 Å². The summed E-state index contributed by atoms with van der Waals surface area (Å²) >= 11 is 13.3. The lowest BCUT2D eigenvalue weighted by Crippen LogP contribution is -2.42. The van der Waals surface area contributed by atoms with Gasteiger partial charge in [0.15, 0.2) is 7.29 Å². The molecule has 0 aliphatic carbocycles. The zero-order valence-corrected chi connectivity index (χ0v) is 22.1. The molecule has 1 saturated heterocycles. The van der Waals surface area contributed by atoms with E-state index in [1.165, 1.54) is 12.1 Å². The van der Waals surface area contributed by atoms with Crippen LogP contribution in [0.3, 0.4) is 0 Å². The minimum atomic E-state index is -3.37. The van der Waals surface area contributed by atoms with Gasteiger partial charge in [-0.1, -0.05) is 96.0 Å². The molecule has 1 N–H and O–H groups in total. The van der Waals surface area contributed by atoms with E-state index in [9.17, 15) is 8.96 Å². The van der Waals surface area contributed by atoms with Gasteiger partial charge in [-0.3, -0.25) is 14.6 Å². The molecule has 3 aromatic carbocycles. The van der Waals surface area contributed by atoms with Crippen molar-refractivity contribution in [3.05, 3.63) is 119 Å². The molecule has 0 radical (unpaired) electrons. The number of rotatable bonds is 9. The summed E-state index contributed by atoms with van der Waals surface area (Å²) in [6.45, 7) is 2.99. The van der Waals surface area contributed by atoms with Crippen LogP contribution in [-0.4, -0.2) is 37.7 Å². The maximum atomic E-state index is 14.3. The normalized spacial score (nSPS) is 18.0. The van der Waals surface area contributed by atoms with Crippen LogP contribution in [0.1, 0.15) is 22.7 Å². The van der Waals surface area contributed by atoms with Gasteiger partial charge in [-0.25, -0.2) is 4.39 Å². The van der Waals surface area contributed by atoms with E-state index < -0.39 is 7.29 Å². The molecule has 1 unspecified atom stereocenters. The van der Waals surface area contributed by atoms with Crippen LogP contribution in [0, 0.1) is 5.82 Å². The number of halogens is 3. The topological polar surface area (TPSA) is 41.6 Å². The van der Waals surface area contributed by atoms with Gasteiger partial charge in [-0.05, 0) is 28.8 Å². The summed E-state index contributed by atoms with van der Waals surface area (Å²) in [6.07, 6.45) is 0. The smallest absolute Gasteiger partial charge is 0.193 e. The fourth-order valence-corrected chi connectivity index (χ4v) is 6.88. The van der Waals surface area contributed by atoms with E-state index in [4.69, 9.17) is 27.9 Å². The molecule has 8 heteroatoms. The van der Waals surface area contributed by atoms with Crippen LogP contribution >= 0.6 is 30.5 Å². The molecule has 1 aliphatic heterocycles. The van der Waals surface area contributed by atoms with E-state index in [1.807, 2.05) is 60.7 Å². The highest BCUT2D eigenvalue weighted by Gasteiger charge is 2.26. The largest absolute Gasteiger partial charge is 0.379 e. The van der Waals surface area contributed by atoms with Crippen molar-refractivity contribution >= 4 is 40.6 Å². The Labute approximate surface area is 221 Å². The fraction of sp³-hybridized carbons (Fsp3) is 0.214. The third-order valence-corrected chi connectivity index (χ3v) is 8.90. The van der Waals surface area contributed by atoms with Crippen molar-refractivity contribution in [2.45, 2.75) is 6.04 Å².